The van der Waals surface area contributed by atoms with E-state index in [2.05, 4.69) is 9.47 Å². The molecule has 0 aromatic heterocycles. The lowest BCUT2D eigenvalue weighted by Crippen LogP contribution is -2.26. The molecule has 0 amide bonds. The van der Waals surface area contributed by atoms with Crippen LogP contribution in [0.4, 0.5) is 0 Å². The summed E-state index contributed by atoms with van der Waals surface area (Å²) in [6, 6.07) is 0. The van der Waals surface area contributed by atoms with Crippen molar-refractivity contribution in [2.24, 2.45) is 0 Å². The van der Waals surface area contributed by atoms with Gasteiger partial charge >= 0.3 is 5.97 Å². The third kappa shape index (κ3) is 5.04. The van der Waals surface area contributed by atoms with Crippen molar-refractivity contribution in [2.75, 3.05) is 13.9 Å². The smallest absolute Gasteiger partial charge is 0.313 e. The van der Waals surface area contributed by atoms with Gasteiger partial charge < -0.3 is 19.4 Å². The summed E-state index contributed by atoms with van der Waals surface area (Å²) in [7, 11) is 1.33. The maximum Gasteiger partial charge on any atom is 0.313 e. The molecule has 0 N–H and O–H groups in total. The lowest BCUT2D eigenvalue weighted by atomic mass is 10.4. The number of carbonyl (C=O) groups is 2. The number of rotatable bonds is 4. The minimum Gasteiger partial charge on any atom is -0.550 e. The molecule has 0 rings (SSSR count). The second-order valence-electron chi connectivity index (χ2n) is 1.47. The van der Waals surface area contributed by atoms with Crippen molar-refractivity contribution >= 4 is 11.9 Å². The number of esters is 1. The lowest BCUT2D eigenvalue weighted by Gasteiger charge is -2.02. The molecule has 0 radical (unpaired) electrons. The molecule has 10 heavy (non-hydrogen) atoms. The van der Waals surface area contributed by atoms with Crippen molar-refractivity contribution in [3.63, 3.8) is 0 Å². The summed E-state index contributed by atoms with van der Waals surface area (Å²) in [5, 5.41) is 9.72. The van der Waals surface area contributed by atoms with Gasteiger partial charge in [-0.15, -0.1) is 0 Å². The third-order valence-corrected chi connectivity index (χ3v) is 0.626. The fourth-order valence-corrected chi connectivity index (χ4v) is 0.294. The first kappa shape index (κ1) is 8.90. The van der Waals surface area contributed by atoms with Crippen LogP contribution in [0, 0.1) is 0 Å². The molecule has 0 saturated carbocycles. The Hall–Kier alpha value is -1.10. The van der Waals surface area contributed by atoms with Gasteiger partial charge in [-0.1, -0.05) is 0 Å². The minimum absolute atomic E-state index is 0.230. The molecule has 58 valence electrons. The van der Waals surface area contributed by atoms with Crippen LogP contribution in [0.25, 0.3) is 0 Å². The van der Waals surface area contributed by atoms with Crippen LogP contribution in [0.15, 0.2) is 0 Å². The maximum absolute atomic E-state index is 10.3. The van der Waals surface area contributed by atoms with Gasteiger partial charge in [-0.3, -0.25) is 4.79 Å². The Labute approximate surface area is 57.5 Å². The zero-order valence-corrected chi connectivity index (χ0v) is 5.46. The summed E-state index contributed by atoms with van der Waals surface area (Å²) in [5.41, 5.74) is 0. The Balaban J connectivity index is 3.35. The Kier molecular flexibility index (Phi) is 4.23. The van der Waals surface area contributed by atoms with Crippen LogP contribution in [0.1, 0.15) is 6.42 Å². The fraction of sp³-hybridized carbons (Fsp3) is 0.600. The number of aliphatic carboxylic acids is 1. The minimum atomic E-state index is -1.46. The van der Waals surface area contributed by atoms with Gasteiger partial charge in [0, 0.05) is 7.11 Å². The van der Waals surface area contributed by atoms with E-state index in [-0.39, 0.29) is 6.79 Å². The summed E-state index contributed by atoms with van der Waals surface area (Å²) >= 11 is 0. The molecule has 0 heterocycles. The van der Waals surface area contributed by atoms with Crippen molar-refractivity contribution in [1.29, 1.82) is 0 Å². The second kappa shape index (κ2) is 4.75. The van der Waals surface area contributed by atoms with Crippen molar-refractivity contribution < 1.29 is 24.2 Å². The SMILES string of the molecule is COCOC(=O)CC(=O)[O-]. The van der Waals surface area contributed by atoms with E-state index in [1.165, 1.54) is 7.11 Å². The Morgan fingerprint density at radius 1 is 1.50 bits per heavy atom. The highest BCUT2D eigenvalue weighted by molar-refractivity contribution is 5.88. The van der Waals surface area contributed by atoms with Crippen molar-refractivity contribution in [3.05, 3.63) is 0 Å². The number of ether oxygens (including phenoxy) is 2. The Morgan fingerprint density at radius 3 is 2.50 bits per heavy atom. The molecule has 0 spiro atoms. The zero-order valence-electron chi connectivity index (χ0n) is 5.46. The van der Waals surface area contributed by atoms with E-state index in [0.717, 1.165) is 0 Å². The number of carboxylic acids is 1. The van der Waals surface area contributed by atoms with Gasteiger partial charge in [-0.2, -0.15) is 0 Å². The van der Waals surface area contributed by atoms with E-state index in [1.807, 2.05) is 0 Å². The molecule has 0 unspecified atom stereocenters. The van der Waals surface area contributed by atoms with Crippen LogP contribution in [-0.2, 0) is 19.1 Å². The van der Waals surface area contributed by atoms with Gasteiger partial charge in [0.25, 0.3) is 0 Å². The van der Waals surface area contributed by atoms with Crippen LogP contribution in [0.5, 0.6) is 0 Å². The maximum atomic E-state index is 10.3. The predicted molar refractivity (Wildman–Crippen MR) is 27.6 cm³/mol. The number of methoxy groups -OCH3 is 1. The quantitative estimate of drug-likeness (QED) is 0.268. The fourth-order valence-electron chi connectivity index (χ4n) is 0.294. The topological polar surface area (TPSA) is 75.7 Å². The van der Waals surface area contributed by atoms with E-state index in [1.54, 1.807) is 0 Å². The number of hydrogen-bond acceptors (Lipinski definition) is 5. The molecule has 0 aliphatic rings. The molecule has 0 bridgehead atoms. The lowest BCUT2D eigenvalue weighted by molar-refractivity contribution is -0.305. The van der Waals surface area contributed by atoms with E-state index < -0.39 is 18.4 Å². The number of hydrogen-bond donors (Lipinski definition) is 0. The molecule has 0 saturated heterocycles. The monoisotopic (exact) mass is 147 g/mol. The first-order valence-electron chi connectivity index (χ1n) is 2.51. The molecular formula is C5H7O5-. The van der Waals surface area contributed by atoms with Gasteiger partial charge in [0.1, 0.15) is 0 Å². The van der Waals surface area contributed by atoms with Crippen LogP contribution in [0.2, 0.25) is 0 Å². The number of carboxylic acid groups (broad SMARTS) is 1. The standard InChI is InChI=1S/C5H8O5/c1-9-3-10-5(8)2-4(6)7/h2-3H2,1H3,(H,6,7)/p-1. The molecular weight excluding hydrogens is 140 g/mol. The van der Waals surface area contributed by atoms with Gasteiger partial charge in [-0.25, -0.2) is 0 Å². The molecule has 5 heteroatoms. The van der Waals surface area contributed by atoms with Crippen LogP contribution in [0.3, 0.4) is 0 Å². The average molecular weight is 147 g/mol. The molecule has 0 aliphatic heterocycles. The largest absolute Gasteiger partial charge is 0.550 e. The first-order chi connectivity index (χ1) is 4.66. The van der Waals surface area contributed by atoms with E-state index in [0.29, 0.717) is 0 Å². The molecule has 0 aromatic carbocycles. The predicted octanol–water partition coefficient (Wildman–Crippen LogP) is -1.73. The highest BCUT2D eigenvalue weighted by atomic mass is 16.7. The third-order valence-electron chi connectivity index (χ3n) is 0.626. The summed E-state index contributed by atoms with van der Waals surface area (Å²) in [4.78, 5) is 20.0. The van der Waals surface area contributed by atoms with E-state index >= 15 is 0 Å². The normalized spacial score (nSPS) is 8.90. The van der Waals surface area contributed by atoms with Crippen molar-refractivity contribution in [3.8, 4) is 0 Å². The van der Waals surface area contributed by atoms with Gasteiger partial charge in [0.15, 0.2) is 6.79 Å². The van der Waals surface area contributed by atoms with Gasteiger partial charge in [0.05, 0.1) is 12.4 Å². The molecule has 0 aromatic rings. The summed E-state index contributed by atoms with van der Waals surface area (Å²) in [6.45, 7) is -0.230. The van der Waals surface area contributed by atoms with Crippen LogP contribution < -0.4 is 5.11 Å². The van der Waals surface area contributed by atoms with Crippen molar-refractivity contribution in [2.45, 2.75) is 6.42 Å². The summed E-state index contributed by atoms with van der Waals surface area (Å²) < 4.78 is 8.56. The molecule has 0 atom stereocenters. The van der Waals surface area contributed by atoms with Crippen LogP contribution >= 0.6 is 0 Å². The highest BCUT2D eigenvalue weighted by Gasteiger charge is 2.00. The molecule has 0 fully saturated rings. The Morgan fingerprint density at radius 2 is 2.10 bits per heavy atom. The number of carbonyl (C=O) groups excluding carboxylic acids is 2. The van der Waals surface area contributed by atoms with Crippen LogP contribution in [-0.4, -0.2) is 25.8 Å². The van der Waals surface area contributed by atoms with Gasteiger partial charge in [0.2, 0.25) is 0 Å². The van der Waals surface area contributed by atoms with Crippen molar-refractivity contribution in [1.82, 2.24) is 0 Å². The Bertz CT molecular complexity index is 130. The average Bonchev–Trinajstić information content (AvgIpc) is 1.82. The van der Waals surface area contributed by atoms with E-state index in [4.69, 9.17) is 0 Å². The van der Waals surface area contributed by atoms with Gasteiger partial charge in [-0.05, 0) is 0 Å². The summed E-state index contributed by atoms with van der Waals surface area (Å²) in [5.74, 6) is -2.32. The zero-order chi connectivity index (χ0) is 7.98. The summed E-state index contributed by atoms with van der Waals surface area (Å²) in [6.07, 6.45) is -0.733. The molecule has 0 aliphatic carbocycles. The highest BCUT2D eigenvalue weighted by Crippen LogP contribution is 1.83. The van der Waals surface area contributed by atoms with E-state index in [9.17, 15) is 14.7 Å². The first-order valence-corrected chi connectivity index (χ1v) is 2.51. The second-order valence-corrected chi connectivity index (χ2v) is 1.47. The molecule has 5 nitrogen and oxygen atoms in total.